The molecule has 3 heterocycles. The molecule has 8 heteroatoms. The van der Waals surface area contributed by atoms with E-state index in [9.17, 15) is 18.8 Å². The third-order valence-electron chi connectivity index (χ3n) is 5.52. The van der Waals surface area contributed by atoms with E-state index in [1.807, 2.05) is 10.6 Å². The third-order valence-corrected chi connectivity index (χ3v) is 5.52. The molecule has 152 valence electrons. The SMILES string of the molecule is O=C(CCNC(=O)N1C[C@H]2C[C@H](C1)c1cccc(=O)n1C2)Nc1ccc(F)cc1. The molecule has 1 saturated heterocycles. The van der Waals surface area contributed by atoms with E-state index in [1.54, 1.807) is 17.0 Å². The second kappa shape index (κ2) is 8.06. The van der Waals surface area contributed by atoms with Crippen LogP contribution in [-0.2, 0) is 11.3 Å². The zero-order valence-electron chi connectivity index (χ0n) is 15.9. The molecule has 0 spiro atoms. The lowest BCUT2D eigenvalue weighted by atomic mass is 9.83. The third kappa shape index (κ3) is 4.31. The highest BCUT2D eigenvalue weighted by Crippen LogP contribution is 2.34. The molecule has 1 fully saturated rings. The second-order valence-corrected chi connectivity index (χ2v) is 7.64. The fourth-order valence-electron chi connectivity index (χ4n) is 4.21. The van der Waals surface area contributed by atoms with Crippen LogP contribution in [0.1, 0.15) is 24.5 Å². The van der Waals surface area contributed by atoms with Gasteiger partial charge in [-0.1, -0.05) is 6.07 Å². The van der Waals surface area contributed by atoms with E-state index in [0.29, 0.717) is 25.3 Å². The van der Waals surface area contributed by atoms with Gasteiger partial charge in [0.25, 0.3) is 5.56 Å². The molecule has 0 saturated carbocycles. The Kier molecular flexibility index (Phi) is 5.33. The maximum Gasteiger partial charge on any atom is 0.317 e. The van der Waals surface area contributed by atoms with Gasteiger partial charge in [0, 0.05) is 56.0 Å². The lowest BCUT2D eigenvalue weighted by molar-refractivity contribution is -0.116. The van der Waals surface area contributed by atoms with Crippen molar-refractivity contribution in [1.82, 2.24) is 14.8 Å². The molecule has 29 heavy (non-hydrogen) atoms. The summed E-state index contributed by atoms with van der Waals surface area (Å²) in [5.74, 6) is -0.201. The van der Waals surface area contributed by atoms with Crippen LogP contribution in [0.25, 0.3) is 0 Å². The number of carbonyl (C=O) groups excluding carboxylic acids is 2. The van der Waals surface area contributed by atoms with Gasteiger partial charge in [0.05, 0.1) is 0 Å². The van der Waals surface area contributed by atoms with Crippen molar-refractivity contribution in [3.05, 3.63) is 64.3 Å². The van der Waals surface area contributed by atoms with Gasteiger partial charge in [0.2, 0.25) is 5.91 Å². The number of nitrogens with zero attached hydrogens (tertiary/aromatic N) is 2. The second-order valence-electron chi connectivity index (χ2n) is 7.64. The number of anilines is 1. The number of aromatic nitrogens is 1. The van der Waals surface area contributed by atoms with Crippen LogP contribution in [0.5, 0.6) is 0 Å². The molecule has 1 aromatic carbocycles. The number of carbonyl (C=O) groups is 2. The van der Waals surface area contributed by atoms with Gasteiger partial charge in [-0.05, 0) is 42.7 Å². The van der Waals surface area contributed by atoms with Gasteiger partial charge in [-0.2, -0.15) is 0 Å². The Morgan fingerprint density at radius 3 is 2.66 bits per heavy atom. The number of urea groups is 1. The van der Waals surface area contributed by atoms with Crippen LogP contribution in [0.15, 0.2) is 47.3 Å². The van der Waals surface area contributed by atoms with E-state index >= 15 is 0 Å². The summed E-state index contributed by atoms with van der Waals surface area (Å²) in [7, 11) is 0. The highest BCUT2D eigenvalue weighted by atomic mass is 19.1. The monoisotopic (exact) mass is 398 g/mol. The number of benzene rings is 1. The van der Waals surface area contributed by atoms with E-state index in [1.165, 1.54) is 24.3 Å². The van der Waals surface area contributed by atoms with Gasteiger partial charge in [-0.3, -0.25) is 9.59 Å². The van der Waals surface area contributed by atoms with Crippen molar-refractivity contribution >= 4 is 17.6 Å². The van der Waals surface area contributed by atoms with Crippen LogP contribution in [0.2, 0.25) is 0 Å². The van der Waals surface area contributed by atoms with Crippen LogP contribution >= 0.6 is 0 Å². The van der Waals surface area contributed by atoms with Gasteiger partial charge in [-0.25, -0.2) is 9.18 Å². The van der Waals surface area contributed by atoms with E-state index in [0.717, 1.165) is 12.1 Å². The Labute approximate surface area is 167 Å². The van der Waals surface area contributed by atoms with Gasteiger partial charge < -0.3 is 20.1 Å². The van der Waals surface area contributed by atoms with Crippen LogP contribution in [0, 0.1) is 11.7 Å². The number of pyridine rings is 1. The van der Waals surface area contributed by atoms with Crippen molar-refractivity contribution < 1.29 is 14.0 Å². The van der Waals surface area contributed by atoms with Crippen LogP contribution in [-0.4, -0.2) is 41.0 Å². The quantitative estimate of drug-likeness (QED) is 0.828. The number of amides is 3. The minimum atomic E-state index is -0.367. The van der Waals surface area contributed by atoms with Crippen molar-refractivity contribution in [2.45, 2.75) is 25.3 Å². The summed E-state index contributed by atoms with van der Waals surface area (Å²) in [6.07, 6.45) is 1.11. The van der Waals surface area contributed by atoms with E-state index in [4.69, 9.17) is 0 Å². The molecule has 2 bridgehead atoms. The first kappa shape index (κ1) is 19.2. The molecule has 2 atom stereocenters. The van der Waals surface area contributed by atoms with Gasteiger partial charge in [0.15, 0.2) is 0 Å². The van der Waals surface area contributed by atoms with Gasteiger partial charge >= 0.3 is 6.03 Å². The number of piperidine rings is 1. The van der Waals surface area contributed by atoms with Crippen LogP contribution in [0.4, 0.5) is 14.9 Å². The van der Waals surface area contributed by atoms with Crippen molar-refractivity contribution in [3.63, 3.8) is 0 Å². The summed E-state index contributed by atoms with van der Waals surface area (Å²) >= 11 is 0. The first-order valence-corrected chi connectivity index (χ1v) is 9.77. The van der Waals surface area contributed by atoms with E-state index in [-0.39, 0.29) is 48.1 Å². The molecule has 2 N–H and O–H groups in total. The predicted octanol–water partition coefficient (Wildman–Crippen LogP) is 2.14. The maximum atomic E-state index is 12.9. The molecule has 7 nitrogen and oxygen atoms in total. The summed E-state index contributed by atoms with van der Waals surface area (Å²) in [5.41, 5.74) is 1.52. The number of fused-ring (bicyclic) bond motifs is 4. The van der Waals surface area contributed by atoms with Crippen molar-refractivity contribution in [3.8, 4) is 0 Å². The Hall–Kier alpha value is -3.16. The molecule has 2 aliphatic rings. The standard InChI is InChI=1S/C21H23FN4O3/c22-16-4-6-17(7-5-16)24-19(27)8-9-23-21(29)25-11-14-10-15(13-25)18-2-1-3-20(28)26(18)12-14/h1-7,14-15H,8-13H2,(H,23,29)(H,24,27)/t14-,15-/m1/s1. The highest BCUT2D eigenvalue weighted by Gasteiger charge is 2.36. The molecule has 4 rings (SSSR count). The number of halogens is 1. The van der Waals surface area contributed by atoms with E-state index in [2.05, 4.69) is 10.6 Å². The predicted molar refractivity (Wildman–Crippen MR) is 106 cm³/mol. The van der Waals surface area contributed by atoms with Gasteiger partial charge in [0.1, 0.15) is 5.82 Å². The fraction of sp³-hybridized carbons (Fsp3) is 0.381. The molecule has 0 unspecified atom stereocenters. The lowest BCUT2D eigenvalue weighted by Gasteiger charge is -2.42. The molecule has 0 aliphatic carbocycles. The highest BCUT2D eigenvalue weighted by molar-refractivity contribution is 5.91. The number of rotatable bonds is 4. The zero-order chi connectivity index (χ0) is 20.4. The smallest absolute Gasteiger partial charge is 0.317 e. The summed E-state index contributed by atoms with van der Waals surface area (Å²) < 4.78 is 14.7. The van der Waals surface area contributed by atoms with Crippen LogP contribution in [0.3, 0.4) is 0 Å². The number of hydrogen-bond acceptors (Lipinski definition) is 3. The largest absolute Gasteiger partial charge is 0.337 e. The Balaban J connectivity index is 1.28. The fourth-order valence-corrected chi connectivity index (χ4v) is 4.21. The summed E-state index contributed by atoms with van der Waals surface area (Å²) in [6.45, 7) is 2.02. The Morgan fingerprint density at radius 1 is 1.07 bits per heavy atom. The number of likely N-dealkylation sites (tertiary alicyclic amines) is 1. The van der Waals surface area contributed by atoms with Crippen molar-refractivity contribution in [1.29, 1.82) is 0 Å². The normalized spacial score (nSPS) is 20.0. The average Bonchev–Trinajstić information content (AvgIpc) is 2.70. The van der Waals surface area contributed by atoms with Gasteiger partial charge in [-0.15, -0.1) is 0 Å². The van der Waals surface area contributed by atoms with E-state index < -0.39 is 0 Å². The average molecular weight is 398 g/mol. The molecular weight excluding hydrogens is 375 g/mol. The Bertz CT molecular complexity index is 973. The number of nitrogens with one attached hydrogen (secondary N) is 2. The first-order valence-electron chi connectivity index (χ1n) is 9.77. The Morgan fingerprint density at radius 2 is 1.86 bits per heavy atom. The van der Waals surface area contributed by atoms with Crippen LogP contribution < -0.4 is 16.2 Å². The molecule has 2 aliphatic heterocycles. The summed E-state index contributed by atoms with van der Waals surface area (Å²) in [5, 5.41) is 5.47. The zero-order valence-corrected chi connectivity index (χ0v) is 15.9. The topological polar surface area (TPSA) is 83.4 Å². The first-order chi connectivity index (χ1) is 14.0. The van der Waals surface area contributed by atoms with Crippen molar-refractivity contribution in [2.24, 2.45) is 5.92 Å². The molecule has 2 aromatic rings. The lowest BCUT2D eigenvalue weighted by Crippen LogP contribution is -2.52. The summed E-state index contributed by atoms with van der Waals surface area (Å²) in [4.78, 5) is 38.4. The molecular formula is C21H23FN4O3. The molecule has 1 aromatic heterocycles. The van der Waals surface area contributed by atoms with Crippen molar-refractivity contribution in [2.75, 3.05) is 25.0 Å². The molecule has 3 amide bonds. The maximum absolute atomic E-state index is 12.9. The minimum absolute atomic E-state index is 0.0160. The minimum Gasteiger partial charge on any atom is -0.337 e. The number of hydrogen-bond donors (Lipinski definition) is 2. The molecule has 0 radical (unpaired) electrons. The summed E-state index contributed by atoms with van der Waals surface area (Å²) in [6, 6.07) is 10.6.